The molecule has 2 rings (SSSR count). The van der Waals surface area contributed by atoms with Gasteiger partial charge in [-0.15, -0.1) is 0 Å². The highest BCUT2D eigenvalue weighted by molar-refractivity contribution is 5.55. The Morgan fingerprint density at radius 1 is 1.47 bits per heavy atom. The summed E-state index contributed by atoms with van der Waals surface area (Å²) in [5.41, 5.74) is 7.34. The van der Waals surface area contributed by atoms with Gasteiger partial charge in [-0.25, -0.2) is 4.39 Å². The van der Waals surface area contributed by atoms with E-state index in [0.717, 1.165) is 31.7 Å². The molecule has 19 heavy (non-hydrogen) atoms. The number of anilines is 1. The van der Waals surface area contributed by atoms with Gasteiger partial charge in [0.1, 0.15) is 5.82 Å². The van der Waals surface area contributed by atoms with Crippen LogP contribution in [0.1, 0.15) is 37.8 Å². The molecule has 0 saturated carbocycles. The fraction of sp³-hybridized carbons (Fsp3) is 0.600. The molecule has 2 atom stereocenters. The van der Waals surface area contributed by atoms with E-state index in [1.165, 1.54) is 12.5 Å². The van der Waals surface area contributed by atoms with Crippen LogP contribution in [0.2, 0.25) is 0 Å². The molecule has 1 aromatic carbocycles. The fourth-order valence-corrected chi connectivity index (χ4v) is 2.66. The third kappa shape index (κ3) is 3.45. The molecular formula is C15H23FN2O. The molecule has 3 nitrogen and oxygen atoms in total. The molecule has 0 amide bonds. The lowest BCUT2D eigenvalue weighted by molar-refractivity contribution is 0.0216. The topological polar surface area (TPSA) is 38.5 Å². The van der Waals surface area contributed by atoms with Crippen molar-refractivity contribution >= 4 is 5.69 Å². The molecule has 0 aliphatic carbocycles. The van der Waals surface area contributed by atoms with Crippen molar-refractivity contribution in [2.75, 3.05) is 25.1 Å². The number of nitrogens with two attached hydrogens (primary N) is 1. The Morgan fingerprint density at radius 2 is 2.26 bits per heavy atom. The highest BCUT2D eigenvalue weighted by atomic mass is 19.1. The minimum atomic E-state index is -0.314. The second-order valence-electron chi connectivity index (χ2n) is 5.33. The largest absolute Gasteiger partial charge is 0.376 e. The number of hydrogen-bond acceptors (Lipinski definition) is 3. The molecular weight excluding hydrogens is 243 g/mol. The van der Waals surface area contributed by atoms with Gasteiger partial charge in [-0.05, 0) is 38.3 Å². The van der Waals surface area contributed by atoms with E-state index < -0.39 is 0 Å². The first-order chi connectivity index (χ1) is 9.09. The standard InChI is InChI=1S/C15H23FN2O/c1-11(17)15-13(16)7-5-8-14(15)18(2)10-12-6-3-4-9-19-12/h5,7-8,11-12H,3-4,6,9-10,17H2,1-2H3. The first kappa shape index (κ1) is 14.3. The number of rotatable bonds is 4. The van der Waals surface area contributed by atoms with Gasteiger partial charge in [-0.2, -0.15) is 0 Å². The van der Waals surface area contributed by atoms with E-state index in [2.05, 4.69) is 4.90 Å². The summed E-state index contributed by atoms with van der Waals surface area (Å²) in [7, 11) is 1.97. The predicted octanol–water partition coefficient (Wildman–Crippen LogP) is 2.85. The van der Waals surface area contributed by atoms with Crippen molar-refractivity contribution in [1.82, 2.24) is 0 Å². The van der Waals surface area contributed by atoms with Crippen LogP contribution in [0, 0.1) is 5.82 Å². The Bertz CT molecular complexity index is 417. The molecule has 4 heteroatoms. The van der Waals surface area contributed by atoms with Crippen LogP contribution in [-0.2, 0) is 4.74 Å². The number of halogens is 1. The molecule has 0 bridgehead atoms. The van der Waals surface area contributed by atoms with Crippen LogP contribution in [0.5, 0.6) is 0 Å². The summed E-state index contributed by atoms with van der Waals surface area (Å²) in [4.78, 5) is 2.05. The fourth-order valence-electron chi connectivity index (χ4n) is 2.66. The lowest BCUT2D eigenvalue weighted by Crippen LogP contribution is -2.34. The number of benzene rings is 1. The first-order valence-corrected chi connectivity index (χ1v) is 6.96. The molecule has 1 aliphatic rings. The third-order valence-electron chi connectivity index (χ3n) is 3.65. The van der Waals surface area contributed by atoms with Gasteiger partial charge in [-0.1, -0.05) is 6.07 Å². The van der Waals surface area contributed by atoms with E-state index in [1.807, 2.05) is 20.0 Å². The quantitative estimate of drug-likeness (QED) is 0.910. The van der Waals surface area contributed by atoms with Crippen molar-refractivity contribution in [3.05, 3.63) is 29.6 Å². The summed E-state index contributed by atoms with van der Waals surface area (Å²) in [6, 6.07) is 4.80. The molecule has 1 fully saturated rings. The van der Waals surface area contributed by atoms with Crippen molar-refractivity contribution in [3.8, 4) is 0 Å². The van der Waals surface area contributed by atoms with E-state index in [1.54, 1.807) is 6.07 Å². The Morgan fingerprint density at radius 3 is 2.89 bits per heavy atom. The van der Waals surface area contributed by atoms with Gasteiger partial charge in [-0.3, -0.25) is 0 Å². The molecule has 2 unspecified atom stereocenters. The van der Waals surface area contributed by atoms with Crippen LogP contribution >= 0.6 is 0 Å². The average molecular weight is 266 g/mol. The Labute approximate surface area is 114 Å². The Kier molecular flexibility index (Phi) is 4.77. The van der Waals surface area contributed by atoms with Gasteiger partial charge in [0.25, 0.3) is 0 Å². The molecule has 0 spiro atoms. The molecule has 1 aromatic rings. The summed E-state index contributed by atoms with van der Waals surface area (Å²) < 4.78 is 19.6. The van der Waals surface area contributed by atoms with Gasteiger partial charge in [0.05, 0.1) is 6.10 Å². The summed E-state index contributed by atoms with van der Waals surface area (Å²) in [5, 5.41) is 0. The summed E-state index contributed by atoms with van der Waals surface area (Å²) in [5.74, 6) is -0.232. The van der Waals surface area contributed by atoms with Crippen LogP contribution < -0.4 is 10.6 Å². The van der Waals surface area contributed by atoms with Crippen LogP contribution in [0.3, 0.4) is 0 Å². The highest BCUT2D eigenvalue weighted by Crippen LogP contribution is 2.28. The van der Waals surface area contributed by atoms with Crippen LogP contribution in [-0.4, -0.2) is 26.3 Å². The maximum atomic E-state index is 13.9. The summed E-state index contributed by atoms with van der Waals surface area (Å²) >= 11 is 0. The lowest BCUT2D eigenvalue weighted by atomic mass is 10.0. The van der Waals surface area contributed by atoms with Gasteiger partial charge in [0.15, 0.2) is 0 Å². The molecule has 2 N–H and O–H groups in total. The van der Waals surface area contributed by atoms with E-state index >= 15 is 0 Å². The SMILES string of the molecule is CC(N)c1c(F)cccc1N(C)CC1CCCCO1. The van der Waals surface area contributed by atoms with Crippen LogP contribution in [0.4, 0.5) is 10.1 Å². The summed E-state index contributed by atoms with van der Waals surface area (Å²) in [6.45, 7) is 3.43. The van der Waals surface area contributed by atoms with Gasteiger partial charge in [0, 0.05) is 37.5 Å². The van der Waals surface area contributed by atoms with Crippen molar-refractivity contribution in [1.29, 1.82) is 0 Å². The van der Waals surface area contributed by atoms with E-state index in [-0.39, 0.29) is 18.0 Å². The summed E-state index contributed by atoms with van der Waals surface area (Å²) in [6.07, 6.45) is 3.67. The van der Waals surface area contributed by atoms with Gasteiger partial charge >= 0.3 is 0 Å². The zero-order valence-corrected chi connectivity index (χ0v) is 11.7. The van der Waals surface area contributed by atoms with Gasteiger partial charge < -0.3 is 15.4 Å². The lowest BCUT2D eigenvalue weighted by Gasteiger charge is -2.30. The smallest absolute Gasteiger partial charge is 0.130 e. The molecule has 0 radical (unpaired) electrons. The van der Waals surface area contributed by atoms with E-state index in [0.29, 0.717) is 5.56 Å². The van der Waals surface area contributed by atoms with Crippen LogP contribution in [0.15, 0.2) is 18.2 Å². The highest BCUT2D eigenvalue weighted by Gasteiger charge is 2.20. The zero-order valence-electron chi connectivity index (χ0n) is 11.7. The molecule has 1 heterocycles. The third-order valence-corrected chi connectivity index (χ3v) is 3.65. The maximum Gasteiger partial charge on any atom is 0.130 e. The van der Waals surface area contributed by atoms with Crippen molar-refractivity contribution < 1.29 is 9.13 Å². The van der Waals surface area contributed by atoms with Gasteiger partial charge in [0.2, 0.25) is 0 Å². The van der Waals surface area contributed by atoms with Crippen molar-refractivity contribution in [2.45, 2.75) is 38.3 Å². The predicted molar refractivity (Wildman–Crippen MR) is 75.9 cm³/mol. The average Bonchev–Trinajstić information content (AvgIpc) is 2.39. The number of likely N-dealkylation sites (N-methyl/N-ethyl adjacent to an activating group) is 1. The van der Waals surface area contributed by atoms with Crippen molar-refractivity contribution in [2.24, 2.45) is 5.73 Å². The Balaban J connectivity index is 2.13. The number of hydrogen-bond donors (Lipinski definition) is 1. The first-order valence-electron chi connectivity index (χ1n) is 6.96. The second kappa shape index (κ2) is 6.35. The number of ether oxygens (including phenoxy) is 1. The number of nitrogens with zero attached hydrogens (tertiary/aromatic N) is 1. The molecule has 106 valence electrons. The molecule has 1 aliphatic heterocycles. The maximum absolute atomic E-state index is 13.9. The second-order valence-corrected chi connectivity index (χ2v) is 5.33. The monoisotopic (exact) mass is 266 g/mol. The molecule has 0 aromatic heterocycles. The van der Waals surface area contributed by atoms with E-state index in [4.69, 9.17) is 10.5 Å². The van der Waals surface area contributed by atoms with Crippen molar-refractivity contribution in [3.63, 3.8) is 0 Å². The zero-order chi connectivity index (χ0) is 13.8. The minimum Gasteiger partial charge on any atom is -0.376 e. The normalized spacial score (nSPS) is 21.2. The molecule has 1 saturated heterocycles. The Hall–Kier alpha value is -1.13. The van der Waals surface area contributed by atoms with Crippen LogP contribution in [0.25, 0.3) is 0 Å². The van der Waals surface area contributed by atoms with E-state index in [9.17, 15) is 4.39 Å². The minimum absolute atomic E-state index is 0.232.